The Hall–Kier alpha value is -5.11. The van der Waals surface area contributed by atoms with Crippen LogP contribution < -0.4 is 5.19 Å². The zero-order valence-corrected chi connectivity index (χ0v) is 38.0. The molecule has 9 rings (SSSR count). The van der Waals surface area contributed by atoms with Gasteiger partial charge in [0, 0.05) is 43.4 Å². The Morgan fingerprint density at radius 2 is 1.52 bits per heavy atom. The largest absolute Gasteiger partial charge is 0.333 e. The zero-order chi connectivity index (χ0) is 39.8. The Bertz CT molecular complexity index is 2860. The number of rotatable bonds is 7. The molecular weight excluding hydrogens is 928 g/mol. The number of thiophene rings is 1. The number of nitrogens with zero attached hydrogens (tertiary/aromatic N) is 4. The van der Waals surface area contributed by atoms with E-state index < -0.39 is 8.07 Å². The van der Waals surface area contributed by atoms with Gasteiger partial charge in [-0.15, -0.1) is 48.0 Å². The second-order valence-corrected chi connectivity index (χ2v) is 22.1. The van der Waals surface area contributed by atoms with Crippen molar-refractivity contribution >= 4 is 55.9 Å². The summed E-state index contributed by atoms with van der Waals surface area (Å²) in [5, 5.41) is 3.78. The molecule has 0 saturated carbocycles. The van der Waals surface area contributed by atoms with Crippen LogP contribution in [0.3, 0.4) is 0 Å². The van der Waals surface area contributed by atoms with Crippen LogP contribution >= 0.6 is 11.3 Å². The molecule has 5 aromatic carbocycles. The third-order valence-corrected chi connectivity index (χ3v) is 13.5. The quantitative estimate of drug-likeness (QED) is 0.118. The van der Waals surface area contributed by atoms with E-state index in [4.69, 9.17) is 9.97 Å². The molecule has 4 heterocycles. The number of fused-ring (bicyclic) bond motifs is 4. The molecule has 0 atom stereocenters. The van der Waals surface area contributed by atoms with E-state index in [0.29, 0.717) is 5.92 Å². The molecular formula is C50H45FIrN4SSi-2. The van der Waals surface area contributed by atoms with Crippen LogP contribution in [0.4, 0.5) is 4.39 Å². The summed E-state index contributed by atoms with van der Waals surface area (Å²) < 4.78 is 16.4. The van der Waals surface area contributed by atoms with Gasteiger partial charge < -0.3 is 9.55 Å². The number of aromatic nitrogens is 4. The van der Waals surface area contributed by atoms with Crippen LogP contribution in [0.2, 0.25) is 19.6 Å². The molecule has 0 fully saturated rings. The standard InChI is InChI=1S/C32H22N3S.C18H23FNSi.Ir/c1-20-10-8-11-21(2)29(20)27-19-18-24-23-14-9-15-25(30(23)36-32(24)34-27)31-33-26-16-6-7-17-28(26)35(31)22-12-4-3-5-13-22;1-13(2)10-15-11-17(14-6-8-16(19)9-7-14)20-12-18(15)21(3,4)5;/h3-14,16-19H,1-2H3;6,8-9,11-13H,10H2,1-5H3;/q2*-1;. The maximum absolute atomic E-state index is 13.0. The second kappa shape index (κ2) is 17.0. The molecule has 4 aromatic heterocycles. The van der Waals surface area contributed by atoms with Gasteiger partial charge in [-0.05, 0) is 88.6 Å². The van der Waals surface area contributed by atoms with E-state index in [-0.39, 0.29) is 25.9 Å². The van der Waals surface area contributed by atoms with Gasteiger partial charge in [0.15, 0.2) is 0 Å². The van der Waals surface area contributed by atoms with Crippen molar-refractivity contribution in [2.75, 3.05) is 0 Å². The molecule has 0 saturated heterocycles. The van der Waals surface area contributed by atoms with Crippen LogP contribution in [-0.4, -0.2) is 27.6 Å². The fraction of sp³-hybridized carbons (Fsp3) is 0.180. The summed E-state index contributed by atoms with van der Waals surface area (Å²) in [6.45, 7) is 15.8. The van der Waals surface area contributed by atoms with Crippen molar-refractivity contribution < 1.29 is 24.5 Å². The molecule has 1 radical (unpaired) electrons. The van der Waals surface area contributed by atoms with Crippen molar-refractivity contribution in [3.63, 3.8) is 0 Å². The molecule has 0 N–H and O–H groups in total. The number of imidazole rings is 1. The Morgan fingerprint density at radius 3 is 2.22 bits per heavy atom. The fourth-order valence-corrected chi connectivity index (χ4v) is 10.4. The van der Waals surface area contributed by atoms with E-state index in [0.717, 1.165) is 61.0 Å². The first-order valence-corrected chi connectivity index (χ1v) is 23.8. The summed E-state index contributed by atoms with van der Waals surface area (Å²) in [6.07, 6.45) is 3.08. The van der Waals surface area contributed by atoms with E-state index in [1.807, 2.05) is 24.4 Å². The number of benzene rings is 5. The average Bonchev–Trinajstić information content (AvgIpc) is 3.77. The number of para-hydroxylation sites is 3. The predicted molar refractivity (Wildman–Crippen MR) is 241 cm³/mol. The summed E-state index contributed by atoms with van der Waals surface area (Å²) in [5.41, 5.74) is 12.0. The van der Waals surface area contributed by atoms with Gasteiger partial charge in [0.2, 0.25) is 0 Å². The van der Waals surface area contributed by atoms with Gasteiger partial charge in [-0.2, -0.15) is 11.3 Å². The second-order valence-electron chi connectivity index (χ2n) is 16.1. The molecule has 58 heavy (non-hydrogen) atoms. The molecule has 8 heteroatoms. The Balaban J connectivity index is 0.000000200. The molecule has 0 spiro atoms. The minimum Gasteiger partial charge on any atom is -0.333 e. The third-order valence-electron chi connectivity index (χ3n) is 10.3. The summed E-state index contributed by atoms with van der Waals surface area (Å²) in [4.78, 5) is 15.9. The number of hydrogen-bond donors (Lipinski definition) is 0. The number of pyridine rings is 2. The predicted octanol–water partition coefficient (Wildman–Crippen LogP) is 13.0. The van der Waals surface area contributed by atoms with E-state index in [2.05, 4.69) is 154 Å². The normalized spacial score (nSPS) is 11.5. The van der Waals surface area contributed by atoms with E-state index in [1.54, 1.807) is 17.4 Å². The van der Waals surface area contributed by atoms with Gasteiger partial charge in [0.1, 0.15) is 4.83 Å². The van der Waals surface area contributed by atoms with Crippen LogP contribution in [0.15, 0.2) is 128 Å². The maximum atomic E-state index is 13.0. The first-order chi connectivity index (χ1) is 27.5. The van der Waals surface area contributed by atoms with Crippen molar-refractivity contribution in [3.8, 4) is 39.6 Å². The summed E-state index contributed by atoms with van der Waals surface area (Å²) in [5.74, 6) is 1.24. The zero-order valence-electron chi connectivity index (χ0n) is 33.8. The monoisotopic (exact) mass is 973 g/mol. The first-order valence-electron chi connectivity index (χ1n) is 19.5. The van der Waals surface area contributed by atoms with E-state index in [1.165, 1.54) is 50.3 Å². The van der Waals surface area contributed by atoms with Crippen molar-refractivity contribution in [3.05, 3.63) is 162 Å². The summed E-state index contributed by atoms with van der Waals surface area (Å²) >= 11 is 1.72. The summed E-state index contributed by atoms with van der Waals surface area (Å²) in [7, 11) is -1.41. The Kier molecular flexibility index (Phi) is 12.0. The molecule has 0 aliphatic carbocycles. The van der Waals surface area contributed by atoms with E-state index >= 15 is 0 Å². The minimum atomic E-state index is -1.41. The molecule has 0 bridgehead atoms. The molecule has 4 nitrogen and oxygen atoms in total. The van der Waals surface area contributed by atoms with Crippen LogP contribution in [-0.2, 0) is 26.5 Å². The number of aryl methyl sites for hydroxylation is 2. The van der Waals surface area contributed by atoms with Gasteiger partial charge in [0.05, 0.1) is 30.6 Å². The van der Waals surface area contributed by atoms with Gasteiger partial charge in [-0.3, -0.25) is 9.37 Å². The molecule has 0 aliphatic heterocycles. The Morgan fingerprint density at radius 1 is 0.776 bits per heavy atom. The maximum Gasteiger partial charge on any atom is 0.114 e. The minimum absolute atomic E-state index is 0. The summed E-state index contributed by atoms with van der Waals surface area (Å²) in [6, 6.07) is 46.9. The van der Waals surface area contributed by atoms with Gasteiger partial charge in [-0.1, -0.05) is 111 Å². The van der Waals surface area contributed by atoms with Crippen LogP contribution in [0.25, 0.3) is 70.9 Å². The number of hydrogen-bond acceptors (Lipinski definition) is 4. The third kappa shape index (κ3) is 8.25. The Labute approximate surface area is 359 Å². The van der Waals surface area contributed by atoms with Gasteiger partial charge in [-0.25, -0.2) is 4.98 Å². The van der Waals surface area contributed by atoms with Crippen molar-refractivity contribution in [1.29, 1.82) is 0 Å². The van der Waals surface area contributed by atoms with Crippen LogP contribution in [0.1, 0.15) is 30.5 Å². The number of halogens is 1. The SMILES string of the molecule is CC(C)Cc1cc(-c2[c-]cc(F)cc2)ncc1[Si](C)(C)C.Cc1cccc(C)c1-c1ccc2c(n1)sc1c(-c3nc4ccccc4n3-c3ccccc3)[c-]ccc12.[Ir]. The smallest absolute Gasteiger partial charge is 0.114 e. The van der Waals surface area contributed by atoms with Gasteiger partial charge in [0.25, 0.3) is 0 Å². The molecule has 0 unspecified atom stereocenters. The molecule has 0 amide bonds. The van der Waals surface area contributed by atoms with Crippen molar-refractivity contribution in [2.45, 2.75) is 53.8 Å². The van der Waals surface area contributed by atoms with E-state index in [9.17, 15) is 4.39 Å². The molecule has 0 aliphatic rings. The van der Waals surface area contributed by atoms with Gasteiger partial charge >= 0.3 is 0 Å². The van der Waals surface area contributed by atoms with Crippen LogP contribution in [0.5, 0.6) is 0 Å². The van der Waals surface area contributed by atoms with Crippen molar-refractivity contribution in [2.24, 2.45) is 5.92 Å². The van der Waals surface area contributed by atoms with Crippen LogP contribution in [0, 0.1) is 37.7 Å². The first kappa shape index (κ1) is 41.1. The fourth-order valence-electron chi connectivity index (χ4n) is 7.67. The molecule has 293 valence electrons. The topological polar surface area (TPSA) is 43.6 Å². The van der Waals surface area contributed by atoms with Crippen molar-refractivity contribution in [1.82, 2.24) is 19.5 Å². The average molecular weight is 973 g/mol. The molecule has 9 aromatic rings.